The second-order valence-corrected chi connectivity index (χ2v) is 2.70. The molecule has 0 aromatic heterocycles. The zero-order valence-corrected chi connectivity index (χ0v) is 6.65. The molecule has 0 aromatic carbocycles. The van der Waals surface area contributed by atoms with Crippen molar-refractivity contribution < 1.29 is 15.1 Å². The first kappa shape index (κ1) is 10.3. The summed E-state index contributed by atoms with van der Waals surface area (Å²) >= 11 is 0. The van der Waals surface area contributed by atoms with Gasteiger partial charge >= 0.3 is 0 Å². The molecule has 5 nitrogen and oxygen atoms in total. The molecule has 0 aliphatic rings. The van der Waals surface area contributed by atoms with Gasteiger partial charge in [0.25, 0.3) is 5.54 Å². The molecule has 5 heteroatoms. The van der Waals surface area contributed by atoms with E-state index in [1.165, 1.54) is 6.92 Å². The van der Waals surface area contributed by atoms with Crippen LogP contribution < -0.4 is 0 Å². The van der Waals surface area contributed by atoms with E-state index < -0.39 is 23.2 Å². The van der Waals surface area contributed by atoms with Crippen molar-refractivity contribution in [1.29, 1.82) is 0 Å². The van der Waals surface area contributed by atoms with Crippen LogP contribution in [0.15, 0.2) is 0 Å². The van der Waals surface area contributed by atoms with Gasteiger partial charge in [-0.25, -0.2) is 0 Å². The van der Waals surface area contributed by atoms with Gasteiger partial charge in [0.15, 0.2) is 0 Å². The van der Waals surface area contributed by atoms with Gasteiger partial charge in [0.1, 0.15) is 12.7 Å². The summed E-state index contributed by atoms with van der Waals surface area (Å²) in [6.45, 7) is 2.21. The lowest BCUT2D eigenvalue weighted by molar-refractivity contribution is -0.581. The highest BCUT2D eigenvalue weighted by atomic mass is 16.6. The lowest BCUT2D eigenvalue weighted by Crippen LogP contribution is -2.49. The fourth-order valence-electron chi connectivity index (χ4n) is 0.725. The van der Waals surface area contributed by atoms with Gasteiger partial charge in [0.2, 0.25) is 0 Å². The van der Waals surface area contributed by atoms with Crippen molar-refractivity contribution in [3.8, 4) is 0 Å². The summed E-state index contributed by atoms with van der Waals surface area (Å²) in [4.78, 5) is 9.69. The molecule has 2 N–H and O–H groups in total. The molecule has 0 rings (SSSR count). The van der Waals surface area contributed by atoms with Crippen molar-refractivity contribution in [3.63, 3.8) is 0 Å². The monoisotopic (exact) mass is 163 g/mol. The summed E-state index contributed by atoms with van der Waals surface area (Å²) < 4.78 is 0. The number of aliphatic hydroxyl groups is 2. The quantitative estimate of drug-likeness (QED) is 0.443. The fraction of sp³-hybridized carbons (Fsp3) is 1.00. The van der Waals surface area contributed by atoms with Crippen LogP contribution in [0.5, 0.6) is 0 Å². The Balaban J connectivity index is 4.45. The molecule has 0 spiro atoms. The maximum atomic E-state index is 10.3. The van der Waals surface area contributed by atoms with Crippen molar-refractivity contribution in [3.05, 3.63) is 10.1 Å². The molecule has 0 amide bonds. The maximum absolute atomic E-state index is 10.3. The largest absolute Gasteiger partial charge is 0.389 e. The summed E-state index contributed by atoms with van der Waals surface area (Å²) in [7, 11) is 0. The van der Waals surface area contributed by atoms with E-state index >= 15 is 0 Å². The Bertz CT molecular complexity index is 150. The van der Waals surface area contributed by atoms with Crippen LogP contribution in [0.3, 0.4) is 0 Å². The van der Waals surface area contributed by atoms with Crippen molar-refractivity contribution in [1.82, 2.24) is 0 Å². The zero-order valence-electron chi connectivity index (χ0n) is 6.65. The first-order valence-electron chi connectivity index (χ1n) is 3.42. The Morgan fingerprint density at radius 3 is 2.27 bits per heavy atom. The third-order valence-corrected chi connectivity index (χ3v) is 1.84. The predicted molar refractivity (Wildman–Crippen MR) is 38.8 cm³/mol. The van der Waals surface area contributed by atoms with Crippen LogP contribution in [-0.2, 0) is 0 Å². The highest BCUT2D eigenvalue weighted by molar-refractivity contribution is 4.80. The van der Waals surface area contributed by atoms with E-state index in [4.69, 9.17) is 10.2 Å². The van der Waals surface area contributed by atoms with Crippen LogP contribution in [0, 0.1) is 10.1 Å². The van der Waals surface area contributed by atoms with E-state index in [1.807, 2.05) is 0 Å². The lowest BCUT2D eigenvalue weighted by Gasteiger charge is -2.22. The van der Waals surface area contributed by atoms with Gasteiger partial charge in [-0.05, 0) is 6.42 Å². The topological polar surface area (TPSA) is 83.6 Å². The van der Waals surface area contributed by atoms with Gasteiger partial charge in [-0.3, -0.25) is 10.1 Å². The minimum atomic E-state index is -1.62. The minimum absolute atomic E-state index is 0.262. The summed E-state index contributed by atoms with van der Waals surface area (Å²) in [5, 5.41) is 28.1. The molecular weight excluding hydrogens is 150 g/mol. The molecule has 0 saturated heterocycles. The highest BCUT2D eigenvalue weighted by Crippen LogP contribution is 2.16. The third kappa shape index (κ3) is 1.87. The minimum Gasteiger partial charge on any atom is -0.389 e. The van der Waals surface area contributed by atoms with Crippen molar-refractivity contribution in [2.24, 2.45) is 0 Å². The molecule has 0 aliphatic heterocycles. The Hall–Kier alpha value is -0.680. The molecule has 2 atom stereocenters. The number of aliphatic hydroxyl groups excluding tert-OH is 2. The van der Waals surface area contributed by atoms with Crippen LogP contribution in [-0.4, -0.2) is 33.4 Å². The second kappa shape index (κ2) is 3.64. The van der Waals surface area contributed by atoms with Crippen LogP contribution in [0.1, 0.15) is 20.3 Å². The lowest BCUT2D eigenvalue weighted by atomic mass is 9.95. The molecule has 0 aromatic rings. The number of hydrogen-bond acceptors (Lipinski definition) is 4. The molecule has 66 valence electrons. The van der Waals surface area contributed by atoms with E-state index in [2.05, 4.69) is 0 Å². The normalized spacial score (nSPS) is 18.9. The molecule has 0 radical (unpaired) electrons. The van der Waals surface area contributed by atoms with Gasteiger partial charge < -0.3 is 10.2 Å². The Morgan fingerprint density at radius 1 is 1.73 bits per heavy atom. The van der Waals surface area contributed by atoms with Gasteiger partial charge in [0, 0.05) is 11.8 Å². The first-order chi connectivity index (χ1) is 4.99. The van der Waals surface area contributed by atoms with E-state index in [0.29, 0.717) is 0 Å². The third-order valence-electron chi connectivity index (χ3n) is 1.84. The number of nitro groups is 1. The van der Waals surface area contributed by atoms with Crippen molar-refractivity contribution in [2.45, 2.75) is 31.9 Å². The second-order valence-electron chi connectivity index (χ2n) is 2.70. The Morgan fingerprint density at radius 2 is 2.18 bits per heavy atom. The van der Waals surface area contributed by atoms with E-state index in [9.17, 15) is 10.1 Å². The van der Waals surface area contributed by atoms with Crippen molar-refractivity contribution in [2.75, 3.05) is 6.61 Å². The first-order valence-corrected chi connectivity index (χ1v) is 3.42. The average Bonchev–Trinajstić information content (AvgIpc) is 2.01. The molecule has 0 bridgehead atoms. The molecule has 0 saturated carbocycles. The number of rotatable bonds is 4. The van der Waals surface area contributed by atoms with Gasteiger partial charge in [-0.1, -0.05) is 6.92 Å². The zero-order chi connectivity index (χ0) is 9.07. The predicted octanol–water partition coefficient (Wildman–Crippen LogP) is -0.215. The van der Waals surface area contributed by atoms with E-state index in [-0.39, 0.29) is 6.42 Å². The SMILES string of the molecule is CCC(O)C(C)(CO)[N+](=O)[O-]. The summed E-state index contributed by atoms with van der Waals surface area (Å²) in [5.74, 6) is 0. The molecule has 2 unspecified atom stereocenters. The molecular formula is C6H13NO4. The summed E-state index contributed by atoms with van der Waals surface area (Å²) in [6, 6.07) is 0. The standard InChI is InChI=1S/C6H13NO4/c1-3-5(9)6(2,4-8)7(10)11/h5,8-9H,3-4H2,1-2H3. The van der Waals surface area contributed by atoms with Gasteiger partial charge in [-0.15, -0.1) is 0 Å². The average molecular weight is 163 g/mol. The Kier molecular flexibility index (Phi) is 3.41. The van der Waals surface area contributed by atoms with Gasteiger partial charge in [-0.2, -0.15) is 0 Å². The molecule has 11 heavy (non-hydrogen) atoms. The van der Waals surface area contributed by atoms with Gasteiger partial charge in [0.05, 0.1) is 0 Å². The van der Waals surface area contributed by atoms with Crippen LogP contribution in [0.4, 0.5) is 0 Å². The van der Waals surface area contributed by atoms with Crippen LogP contribution >= 0.6 is 0 Å². The molecule has 0 aliphatic carbocycles. The molecule has 0 heterocycles. The summed E-state index contributed by atoms with van der Waals surface area (Å²) in [6.07, 6.45) is -0.833. The van der Waals surface area contributed by atoms with Crippen LogP contribution in [0.2, 0.25) is 0 Å². The smallest absolute Gasteiger partial charge is 0.267 e. The number of nitrogens with zero attached hydrogens (tertiary/aromatic N) is 1. The van der Waals surface area contributed by atoms with Crippen molar-refractivity contribution >= 4 is 0 Å². The summed E-state index contributed by atoms with van der Waals surface area (Å²) in [5.41, 5.74) is -1.62. The maximum Gasteiger partial charge on any atom is 0.267 e. The number of hydrogen-bond donors (Lipinski definition) is 2. The Labute approximate surface area is 64.8 Å². The van der Waals surface area contributed by atoms with Crippen LogP contribution in [0.25, 0.3) is 0 Å². The fourth-order valence-corrected chi connectivity index (χ4v) is 0.725. The molecule has 0 fully saturated rings. The van der Waals surface area contributed by atoms with E-state index in [1.54, 1.807) is 6.92 Å². The highest BCUT2D eigenvalue weighted by Gasteiger charge is 2.43. The van der Waals surface area contributed by atoms with E-state index in [0.717, 1.165) is 0 Å².